The highest BCUT2D eigenvalue weighted by Gasteiger charge is 2.23. The van der Waals surface area contributed by atoms with Crippen molar-refractivity contribution in [2.75, 3.05) is 25.6 Å². The molecule has 110 valence electrons. The molecular weight excluding hydrogens is 280 g/mol. The summed E-state index contributed by atoms with van der Waals surface area (Å²) >= 11 is 0. The van der Waals surface area contributed by atoms with Gasteiger partial charge in [-0.15, -0.1) is 0 Å². The van der Waals surface area contributed by atoms with Crippen molar-refractivity contribution in [3.63, 3.8) is 0 Å². The quantitative estimate of drug-likeness (QED) is 0.509. The molecule has 1 aliphatic rings. The van der Waals surface area contributed by atoms with Crippen molar-refractivity contribution < 1.29 is 18.9 Å². The summed E-state index contributed by atoms with van der Waals surface area (Å²) in [7, 11) is 0. The summed E-state index contributed by atoms with van der Waals surface area (Å²) in [6.45, 7) is 1.34. The van der Waals surface area contributed by atoms with Crippen LogP contribution in [0.15, 0.2) is 22.7 Å². The lowest BCUT2D eigenvalue weighted by Gasteiger charge is -2.19. The van der Waals surface area contributed by atoms with Gasteiger partial charge in [-0.25, -0.2) is 0 Å². The van der Waals surface area contributed by atoms with E-state index in [1.807, 2.05) is 0 Å². The fourth-order valence-corrected chi connectivity index (χ4v) is 1.95. The lowest BCUT2D eigenvalue weighted by molar-refractivity contribution is -0.383. The molecule has 2 N–H and O–H groups in total. The first-order chi connectivity index (χ1) is 10.1. The average Bonchev–Trinajstić information content (AvgIpc) is 2.98. The SMILES string of the molecule is Nc1ccc(-c2nc(C3COCCO3)no2)cc1[N+](=O)[O-]. The monoisotopic (exact) mass is 292 g/mol. The maximum Gasteiger partial charge on any atom is 0.292 e. The van der Waals surface area contributed by atoms with Gasteiger partial charge in [0.05, 0.1) is 24.7 Å². The minimum absolute atomic E-state index is 0.0764. The number of nitrogens with two attached hydrogens (primary N) is 1. The van der Waals surface area contributed by atoms with Crippen LogP contribution in [0.5, 0.6) is 0 Å². The molecule has 1 aromatic heterocycles. The number of hydrogen-bond acceptors (Lipinski definition) is 8. The van der Waals surface area contributed by atoms with Crippen molar-refractivity contribution in [2.45, 2.75) is 6.10 Å². The van der Waals surface area contributed by atoms with Crippen LogP contribution in [-0.4, -0.2) is 34.9 Å². The molecule has 21 heavy (non-hydrogen) atoms. The van der Waals surface area contributed by atoms with Crippen molar-refractivity contribution in [3.05, 3.63) is 34.1 Å². The van der Waals surface area contributed by atoms with E-state index in [2.05, 4.69) is 10.1 Å². The molecule has 1 aromatic carbocycles. The van der Waals surface area contributed by atoms with Crippen molar-refractivity contribution in [1.29, 1.82) is 0 Å². The van der Waals surface area contributed by atoms with E-state index in [0.29, 0.717) is 31.2 Å². The highest BCUT2D eigenvalue weighted by atomic mass is 16.6. The summed E-state index contributed by atoms with van der Waals surface area (Å²) < 4.78 is 15.8. The summed E-state index contributed by atoms with van der Waals surface area (Å²) in [4.78, 5) is 14.5. The molecule has 2 aromatic rings. The summed E-state index contributed by atoms with van der Waals surface area (Å²) in [5.74, 6) is 0.520. The average molecular weight is 292 g/mol. The van der Waals surface area contributed by atoms with Crippen LogP contribution in [0.4, 0.5) is 11.4 Å². The van der Waals surface area contributed by atoms with Gasteiger partial charge >= 0.3 is 0 Å². The van der Waals surface area contributed by atoms with Crippen LogP contribution in [0.25, 0.3) is 11.5 Å². The second-order valence-corrected chi connectivity index (χ2v) is 4.42. The fraction of sp³-hybridized carbons (Fsp3) is 0.333. The van der Waals surface area contributed by atoms with Gasteiger partial charge in [-0.1, -0.05) is 5.16 Å². The predicted molar refractivity (Wildman–Crippen MR) is 70.3 cm³/mol. The van der Waals surface area contributed by atoms with E-state index in [1.165, 1.54) is 12.1 Å². The third kappa shape index (κ3) is 2.69. The summed E-state index contributed by atoms with van der Waals surface area (Å²) in [6.07, 6.45) is -0.389. The fourth-order valence-electron chi connectivity index (χ4n) is 1.95. The molecule has 3 rings (SSSR count). The smallest absolute Gasteiger partial charge is 0.292 e. The van der Waals surface area contributed by atoms with E-state index in [4.69, 9.17) is 19.7 Å². The molecule has 1 saturated heterocycles. The largest absolute Gasteiger partial charge is 0.393 e. The first kappa shape index (κ1) is 13.5. The minimum atomic E-state index is -0.561. The van der Waals surface area contributed by atoms with Crippen LogP contribution in [0.3, 0.4) is 0 Å². The maximum absolute atomic E-state index is 10.9. The van der Waals surface area contributed by atoms with Crippen LogP contribution in [0.1, 0.15) is 11.9 Å². The topological polar surface area (TPSA) is 127 Å². The Hall–Kier alpha value is -2.52. The third-order valence-electron chi connectivity index (χ3n) is 3.02. The molecule has 0 aliphatic carbocycles. The number of rotatable bonds is 3. The van der Waals surface area contributed by atoms with Gasteiger partial charge in [0.25, 0.3) is 11.6 Å². The number of nitrogen functional groups attached to an aromatic ring is 1. The molecule has 0 saturated carbocycles. The van der Waals surface area contributed by atoms with Crippen molar-refractivity contribution in [3.8, 4) is 11.5 Å². The molecule has 1 aliphatic heterocycles. The first-order valence-corrected chi connectivity index (χ1v) is 6.22. The molecule has 1 atom stereocenters. The molecule has 9 nitrogen and oxygen atoms in total. The Morgan fingerprint density at radius 3 is 2.95 bits per heavy atom. The summed E-state index contributed by atoms with van der Waals surface area (Å²) in [6, 6.07) is 4.31. The van der Waals surface area contributed by atoms with Gasteiger partial charge < -0.3 is 19.7 Å². The number of ether oxygens (including phenoxy) is 2. The van der Waals surface area contributed by atoms with Crippen LogP contribution in [0.2, 0.25) is 0 Å². The zero-order valence-corrected chi connectivity index (χ0v) is 10.9. The van der Waals surface area contributed by atoms with Gasteiger partial charge in [-0.2, -0.15) is 4.98 Å². The van der Waals surface area contributed by atoms with E-state index in [1.54, 1.807) is 6.07 Å². The normalized spacial score (nSPS) is 18.6. The zero-order valence-electron chi connectivity index (χ0n) is 10.9. The van der Waals surface area contributed by atoms with Gasteiger partial charge in [0, 0.05) is 11.6 Å². The number of aromatic nitrogens is 2. The van der Waals surface area contributed by atoms with Gasteiger partial charge in [0.1, 0.15) is 11.8 Å². The maximum atomic E-state index is 10.9. The molecule has 0 amide bonds. The van der Waals surface area contributed by atoms with Crippen LogP contribution in [0, 0.1) is 10.1 Å². The molecular formula is C12H12N4O5. The number of benzene rings is 1. The minimum Gasteiger partial charge on any atom is -0.393 e. The standard InChI is InChI=1S/C12H12N4O5/c13-8-2-1-7(5-9(8)16(17)18)12-14-11(15-21-12)10-6-19-3-4-20-10/h1-2,5,10H,3-4,6,13H2. The first-order valence-electron chi connectivity index (χ1n) is 6.22. The van der Waals surface area contributed by atoms with Gasteiger partial charge in [0.15, 0.2) is 0 Å². The Balaban J connectivity index is 1.89. The van der Waals surface area contributed by atoms with Gasteiger partial charge in [-0.3, -0.25) is 10.1 Å². The van der Waals surface area contributed by atoms with Crippen molar-refractivity contribution >= 4 is 11.4 Å². The van der Waals surface area contributed by atoms with E-state index in [9.17, 15) is 10.1 Å². The number of nitro benzene ring substituents is 1. The summed E-state index contributed by atoms with van der Waals surface area (Å²) in [5.41, 5.74) is 5.84. The van der Waals surface area contributed by atoms with E-state index < -0.39 is 4.92 Å². The molecule has 0 radical (unpaired) electrons. The van der Waals surface area contributed by atoms with E-state index >= 15 is 0 Å². The molecule has 0 spiro atoms. The Morgan fingerprint density at radius 2 is 2.24 bits per heavy atom. The van der Waals surface area contributed by atoms with Crippen molar-refractivity contribution in [2.24, 2.45) is 0 Å². The van der Waals surface area contributed by atoms with Crippen LogP contribution in [-0.2, 0) is 9.47 Å². The van der Waals surface area contributed by atoms with Crippen LogP contribution < -0.4 is 5.73 Å². The number of nitro groups is 1. The second kappa shape index (κ2) is 5.46. The molecule has 1 unspecified atom stereocenters. The Kier molecular flexibility index (Phi) is 3.50. The Morgan fingerprint density at radius 1 is 1.38 bits per heavy atom. The van der Waals surface area contributed by atoms with E-state index in [-0.39, 0.29) is 23.4 Å². The van der Waals surface area contributed by atoms with E-state index in [0.717, 1.165) is 0 Å². The van der Waals surface area contributed by atoms with Crippen LogP contribution >= 0.6 is 0 Å². The molecule has 2 heterocycles. The lowest BCUT2D eigenvalue weighted by Crippen LogP contribution is -2.22. The van der Waals surface area contributed by atoms with Gasteiger partial charge in [0.2, 0.25) is 5.82 Å². The zero-order chi connectivity index (χ0) is 14.8. The summed E-state index contributed by atoms with van der Waals surface area (Å²) in [5, 5.41) is 14.7. The number of hydrogen-bond donors (Lipinski definition) is 1. The molecule has 9 heteroatoms. The third-order valence-corrected chi connectivity index (χ3v) is 3.02. The number of nitrogens with zero attached hydrogens (tertiary/aromatic N) is 3. The van der Waals surface area contributed by atoms with Gasteiger partial charge in [-0.05, 0) is 12.1 Å². The Labute approximate surface area is 118 Å². The molecule has 0 bridgehead atoms. The predicted octanol–water partition coefficient (Wildman–Crippen LogP) is 1.31. The lowest BCUT2D eigenvalue weighted by atomic mass is 10.2. The molecule has 1 fully saturated rings. The Bertz CT molecular complexity index is 665. The van der Waals surface area contributed by atoms with Crippen molar-refractivity contribution in [1.82, 2.24) is 10.1 Å². The highest BCUT2D eigenvalue weighted by Crippen LogP contribution is 2.29. The second-order valence-electron chi connectivity index (χ2n) is 4.42. The number of anilines is 1. The highest BCUT2D eigenvalue weighted by molar-refractivity contribution is 5.67.